The largest absolute Gasteiger partial charge is 0.507 e. The van der Waals surface area contributed by atoms with Crippen LogP contribution in [0.1, 0.15) is 68.9 Å². The molecule has 2 heterocycles. The average molecular weight is 468 g/mol. The van der Waals surface area contributed by atoms with E-state index in [1.165, 1.54) is 16.8 Å². The summed E-state index contributed by atoms with van der Waals surface area (Å²) in [5.41, 5.74) is 5.88. The Kier molecular flexibility index (Phi) is 6.92. The van der Waals surface area contributed by atoms with Crippen molar-refractivity contribution in [2.45, 2.75) is 79.4 Å². The molecule has 0 aromatic heterocycles. The van der Waals surface area contributed by atoms with Crippen LogP contribution in [0.25, 0.3) is 5.57 Å². The topological polar surface area (TPSA) is 88.0 Å². The summed E-state index contributed by atoms with van der Waals surface area (Å²) < 4.78 is 11.2. The third-order valence-corrected chi connectivity index (χ3v) is 6.73. The minimum atomic E-state index is -1.17. The number of phenolic OH excluding ortho intramolecular Hbond substituents is 1. The van der Waals surface area contributed by atoms with Crippen molar-refractivity contribution in [3.63, 3.8) is 0 Å². The summed E-state index contributed by atoms with van der Waals surface area (Å²) in [6, 6.07) is 6.22. The summed E-state index contributed by atoms with van der Waals surface area (Å²) in [5, 5.41) is 22.7. The highest BCUT2D eigenvalue weighted by molar-refractivity contribution is 5.81. The summed E-state index contributed by atoms with van der Waals surface area (Å²) in [4.78, 5) is 11.3. The lowest BCUT2D eigenvalue weighted by molar-refractivity contribution is -0.155. The van der Waals surface area contributed by atoms with Crippen LogP contribution in [0.5, 0.6) is 17.2 Å². The molecule has 2 aliphatic rings. The third kappa shape index (κ3) is 4.86. The van der Waals surface area contributed by atoms with Crippen LogP contribution in [0.3, 0.4) is 0 Å². The maximum Gasteiger partial charge on any atom is 0.347 e. The Morgan fingerprint density at radius 1 is 1.12 bits per heavy atom. The first kappa shape index (κ1) is 25.5. The Bertz CT molecular complexity index is 1150. The van der Waals surface area contributed by atoms with Gasteiger partial charge in [-0.25, -0.2) is 4.79 Å². The van der Waals surface area contributed by atoms with Gasteiger partial charge in [0.05, 0.1) is 12.1 Å². The first-order chi connectivity index (χ1) is 15.8. The van der Waals surface area contributed by atoms with Crippen LogP contribution < -0.4 is 14.8 Å². The van der Waals surface area contributed by atoms with Crippen molar-refractivity contribution in [3.05, 3.63) is 52.1 Å². The minimum absolute atomic E-state index is 0.0320. The number of hydrogen-bond donors (Lipinski definition) is 3. The zero-order valence-corrected chi connectivity index (χ0v) is 21.5. The molecule has 184 valence electrons. The Labute approximate surface area is 202 Å². The maximum atomic E-state index is 11.3. The van der Waals surface area contributed by atoms with Gasteiger partial charge < -0.3 is 25.0 Å². The average Bonchev–Trinajstić information content (AvgIpc) is 2.76. The van der Waals surface area contributed by atoms with Crippen molar-refractivity contribution < 1.29 is 24.5 Å². The van der Waals surface area contributed by atoms with Crippen molar-refractivity contribution >= 4 is 17.2 Å². The van der Waals surface area contributed by atoms with E-state index in [4.69, 9.17) is 9.47 Å². The number of phenols is 1. The fraction of sp³-hybridized carbons (Fsp3) is 0.464. The van der Waals surface area contributed by atoms with Crippen LogP contribution in [0.2, 0.25) is 0 Å². The van der Waals surface area contributed by atoms with E-state index < -0.39 is 11.6 Å². The van der Waals surface area contributed by atoms with Gasteiger partial charge in [0.15, 0.2) is 0 Å². The lowest BCUT2D eigenvalue weighted by atomic mass is 9.87. The van der Waals surface area contributed by atoms with Gasteiger partial charge in [-0.1, -0.05) is 6.08 Å². The highest BCUT2D eigenvalue weighted by atomic mass is 16.5. The molecule has 2 aromatic carbocycles. The molecule has 0 fully saturated rings. The van der Waals surface area contributed by atoms with Gasteiger partial charge in [0.25, 0.3) is 0 Å². The van der Waals surface area contributed by atoms with Crippen molar-refractivity contribution in [1.82, 2.24) is 0 Å². The Hall–Kier alpha value is -3.15. The van der Waals surface area contributed by atoms with E-state index in [1.54, 1.807) is 6.92 Å². The molecule has 6 heteroatoms. The highest BCUT2D eigenvalue weighted by Crippen LogP contribution is 2.43. The number of carboxylic acids is 1. The number of carbonyl (C=O) groups is 1. The third-order valence-electron chi connectivity index (χ3n) is 6.73. The van der Waals surface area contributed by atoms with Gasteiger partial charge in [0.2, 0.25) is 5.60 Å². The normalized spacial score (nSPS) is 19.8. The van der Waals surface area contributed by atoms with Crippen LogP contribution in [0.15, 0.2) is 24.3 Å². The van der Waals surface area contributed by atoms with E-state index in [2.05, 4.69) is 44.3 Å². The van der Waals surface area contributed by atoms with Crippen LogP contribution in [-0.4, -0.2) is 33.9 Å². The van der Waals surface area contributed by atoms with Crippen LogP contribution in [0.4, 0.5) is 5.69 Å². The fourth-order valence-electron chi connectivity index (χ4n) is 4.62. The second-order valence-corrected chi connectivity index (χ2v) is 9.98. The van der Waals surface area contributed by atoms with Crippen molar-refractivity contribution in [2.75, 3.05) is 11.9 Å². The summed E-state index contributed by atoms with van der Waals surface area (Å²) in [5.74, 6) is 0.902. The smallest absolute Gasteiger partial charge is 0.347 e. The molecule has 0 radical (unpaired) electrons. The number of aromatic hydroxyl groups is 1. The van der Waals surface area contributed by atoms with Crippen LogP contribution in [-0.2, 0) is 11.2 Å². The monoisotopic (exact) mass is 467 g/mol. The second kappa shape index (κ2) is 9.24. The summed E-state index contributed by atoms with van der Waals surface area (Å²) >= 11 is 0. The molecule has 0 aliphatic carbocycles. The second-order valence-electron chi connectivity index (χ2n) is 9.98. The Morgan fingerprint density at radius 3 is 2.41 bits per heavy atom. The zero-order chi connectivity index (χ0) is 25.4. The number of anilines is 1. The molecule has 0 spiro atoms. The molecule has 6 nitrogen and oxygen atoms in total. The summed E-state index contributed by atoms with van der Waals surface area (Å²) in [6.07, 6.45) is 3.28. The number of ether oxygens (including phenoxy) is 2. The first-order valence-electron chi connectivity index (χ1n) is 11.8. The van der Waals surface area contributed by atoms with Crippen LogP contribution in [0, 0.1) is 20.8 Å². The van der Waals surface area contributed by atoms with E-state index in [1.807, 2.05) is 33.8 Å². The molecule has 0 bridgehead atoms. The minimum Gasteiger partial charge on any atom is -0.507 e. The number of fused-ring (bicyclic) bond motifs is 2. The van der Waals surface area contributed by atoms with Crippen molar-refractivity contribution in [1.29, 1.82) is 0 Å². The predicted molar refractivity (Wildman–Crippen MR) is 136 cm³/mol. The number of aliphatic carboxylic acids is 1. The number of benzene rings is 2. The van der Waals surface area contributed by atoms with E-state index in [9.17, 15) is 15.0 Å². The van der Waals surface area contributed by atoms with Crippen molar-refractivity contribution in [3.8, 4) is 17.2 Å². The molecule has 1 atom stereocenters. The standard InChI is InChI=1S/C14H19NO.C14H18O4/c1-5-16-11-6-7-13-12(8-11)10(2)9-14(3,4)15-13;1-7-8(2)12-10(9(3)11(7)15)5-6-14(4,18-12)13(16)17/h6-9,15H,5H2,1-4H3;15H,5-6H2,1-4H3,(H,16,17). The van der Waals surface area contributed by atoms with Crippen molar-refractivity contribution in [2.24, 2.45) is 0 Å². The van der Waals surface area contributed by atoms with Gasteiger partial charge in [0.1, 0.15) is 17.2 Å². The maximum absolute atomic E-state index is 11.3. The Balaban J connectivity index is 0.000000192. The van der Waals surface area contributed by atoms with Gasteiger partial charge in [-0.05, 0) is 102 Å². The molecule has 2 aliphatic heterocycles. The van der Waals surface area contributed by atoms with E-state index >= 15 is 0 Å². The molecule has 0 saturated carbocycles. The predicted octanol–water partition coefficient (Wildman–Crippen LogP) is 6.18. The molecule has 4 rings (SSSR count). The first-order valence-corrected chi connectivity index (χ1v) is 11.8. The summed E-state index contributed by atoms with van der Waals surface area (Å²) in [7, 11) is 0. The lowest BCUT2D eigenvalue weighted by Gasteiger charge is -2.34. The summed E-state index contributed by atoms with van der Waals surface area (Å²) in [6.45, 7) is 16.3. The molecular weight excluding hydrogens is 430 g/mol. The zero-order valence-electron chi connectivity index (χ0n) is 21.5. The quantitative estimate of drug-likeness (QED) is 0.500. The van der Waals surface area contributed by atoms with Gasteiger partial charge in [-0.2, -0.15) is 0 Å². The molecule has 3 N–H and O–H groups in total. The molecule has 1 unspecified atom stereocenters. The van der Waals surface area contributed by atoms with Gasteiger partial charge in [0, 0.05) is 23.2 Å². The highest BCUT2D eigenvalue weighted by Gasteiger charge is 2.40. The SMILES string of the molecule is CCOc1ccc2c(c1)C(C)=CC(C)(C)N2.Cc1c(C)c2c(c(C)c1O)CCC(C)(C(=O)O)O2. The van der Waals surface area contributed by atoms with Gasteiger partial charge >= 0.3 is 5.97 Å². The van der Waals surface area contributed by atoms with Crippen LogP contribution >= 0.6 is 0 Å². The van der Waals surface area contributed by atoms with E-state index in [0.717, 1.165) is 28.0 Å². The van der Waals surface area contributed by atoms with E-state index in [-0.39, 0.29) is 11.3 Å². The molecule has 2 aromatic rings. The number of rotatable bonds is 3. The molecule has 34 heavy (non-hydrogen) atoms. The number of carboxylic acid groups (broad SMARTS) is 1. The molecular formula is C28H37NO5. The van der Waals surface area contributed by atoms with Gasteiger partial charge in [-0.15, -0.1) is 0 Å². The number of nitrogens with one attached hydrogen (secondary N) is 1. The molecule has 0 saturated heterocycles. The number of hydrogen-bond acceptors (Lipinski definition) is 5. The number of allylic oxidation sites excluding steroid dienone is 1. The molecule has 0 amide bonds. The fourth-order valence-corrected chi connectivity index (χ4v) is 4.62. The Morgan fingerprint density at radius 2 is 1.79 bits per heavy atom. The van der Waals surface area contributed by atoms with Gasteiger partial charge in [-0.3, -0.25) is 0 Å². The lowest BCUT2D eigenvalue weighted by Crippen LogP contribution is -2.44. The van der Waals surface area contributed by atoms with E-state index in [0.29, 0.717) is 25.2 Å².